The van der Waals surface area contributed by atoms with E-state index in [0.717, 1.165) is 12.6 Å². The fourth-order valence-corrected chi connectivity index (χ4v) is 2.45. The molecule has 0 saturated heterocycles. The van der Waals surface area contributed by atoms with E-state index in [1.807, 2.05) is 0 Å². The standard InChI is InChI=1S/C12H16BrN.ClH/c13-12-8-4-1-5-10(12)9-14-11-6-2-3-7-11;/h1,4-5,8,11,14H,2-3,6-7,9H2;1H. The smallest absolute Gasteiger partial charge is 0.0220 e. The molecule has 0 amide bonds. The van der Waals surface area contributed by atoms with Crippen molar-refractivity contribution < 1.29 is 0 Å². The summed E-state index contributed by atoms with van der Waals surface area (Å²) in [6, 6.07) is 9.18. The summed E-state index contributed by atoms with van der Waals surface area (Å²) < 4.78 is 1.21. The average Bonchev–Trinajstić information content (AvgIpc) is 2.69. The maximum atomic E-state index is 3.61. The van der Waals surface area contributed by atoms with E-state index >= 15 is 0 Å². The lowest BCUT2D eigenvalue weighted by Gasteiger charge is -2.12. The molecule has 0 aromatic heterocycles. The van der Waals surface area contributed by atoms with Gasteiger partial charge >= 0.3 is 0 Å². The maximum Gasteiger partial charge on any atom is 0.0220 e. The van der Waals surface area contributed by atoms with Gasteiger partial charge in [-0.15, -0.1) is 12.4 Å². The summed E-state index contributed by atoms with van der Waals surface area (Å²) in [5.74, 6) is 0. The van der Waals surface area contributed by atoms with Crippen LogP contribution in [-0.4, -0.2) is 6.04 Å². The molecular weight excluding hydrogens is 273 g/mol. The largest absolute Gasteiger partial charge is 0.310 e. The van der Waals surface area contributed by atoms with Crippen molar-refractivity contribution in [2.75, 3.05) is 0 Å². The van der Waals surface area contributed by atoms with E-state index in [9.17, 15) is 0 Å². The zero-order valence-corrected chi connectivity index (χ0v) is 11.1. The SMILES string of the molecule is Brc1ccccc1CNC1CCCC1.Cl. The van der Waals surface area contributed by atoms with Gasteiger partial charge < -0.3 is 5.32 Å². The Balaban J connectivity index is 0.00000112. The van der Waals surface area contributed by atoms with Gasteiger partial charge in [-0.05, 0) is 24.5 Å². The normalized spacial score (nSPS) is 16.3. The number of benzene rings is 1. The van der Waals surface area contributed by atoms with Crippen LogP contribution in [0.4, 0.5) is 0 Å². The number of halogens is 2. The summed E-state index contributed by atoms with van der Waals surface area (Å²) in [6.45, 7) is 0.992. The van der Waals surface area contributed by atoms with Crippen LogP contribution >= 0.6 is 28.3 Å². The van der Waals surface area contributed by atoms with E-state index < -0.39 is 0 Å². The Kier molecular flexibility index (Phi) is 5.65. The third-order valence-corrected chi connectivity index (χ3v) is 3.67. The molecule has 0 heterocycles. The minimum Gasteiger partial charge on any atom is -0.310 e. The van der Waals surface area contributed by atoms with Crippen molar-refractivity contribution in [3.05, 3.63) is 34.3 Å². The number of hydrogen-bond acceptors (Lipinski definition) is 1. The first-order valence-corrected chi connectivity index (χ1v) is 6.12. The van der Waals surface area contributed by atoms with Gasteiger partial charge in [-0.25, -0.2) is 0 Å². The highest BCUT2D eigenvalue weighted by Crippen LogP contribution is 2.20. The lowest BCUT2D eigenvalue weighted by molar-refractivity contribution is 0.523. The molecule has 2 rings (SSSR count). The Hall–Kier alpha value is -0.0500. The molecule has 1 aliphatic carbocycles. The monoisotopic (exact) mass is 289 g/mol. The Morgan fingerprint density at radius 2 is 1.87 bits per heavy atom. The maximum absolute atomic E-state index is 3.61. The molecule has 1 nitrogen and oxygen atoms in total. The van der Waals surface area contributed by atoms with Crippen molar-refractivity contribution in [1.82, 2.24) is 5.32 Å². The average molecular weight is 291 g/mol. The van der Waals surface area contributed by atoms with Crippen LogP contribution in [0, 0.1) is 0 Å². The Morgan fingerprint density at radius 1 is 1.20 bits per heavy atom. The molecule has 1 N–H and O–H groups in total. The van der Waals surface area contributed by atoms with E-state index in [4.69, 9.17) is 0 Å². The highest BCUT2D eigenvalue weighted by molar-refractivity contribution is 9.10. The molecule has 1 aromatic carbocycles. The lowest BCUT2D eigenvalue weighted by Crippen LogP contribution is -2.25. The van der Waals surface area contributed by atoms with Gasteiger partial charge in [-0.2, -0.15) is 0 Å². The zero-order chi connectivity index (χ0) is 9.80. The van der Waals surface area contributed by atoms with Gasteiger partial charge in [0.15, 0.2) is 0 Å². The highest BCUT2D eigenvalue weighted by Gasteiger charge is 2.13. The van der Waals surface area contributed by atoms with Crippen molar-refractivity contribution in [2.24, 2.45) is 0 Å². The van der Waals surface area contributed by atoms with Gasteiger partial charge in [-0.1, -0.05) is 47.0 Å². The molecule has 1 saturated carbocycles. The third kappa shape index (κ3) is 3.78. The molecule has 0 aliphatic heterocycles. The first-order chi connectivity index (χ1) is 6.86. The van der Waals surface area contributed by atoms with Gasteiger partial charge in [0, 0.05) is 17.1 Å². The van der Waals surface area contributed by atoms with Crippen LogP contribution in [0.1, 0.15) is 31.2 Å². The van der Waals surface area contributed by atoms with Gasteiger partial charge in [0.1, 0.15) is 0 Å². The van der Waals surface area contributed by atoms with Crippen LogP contribution in [0.3, 0.4) is 0 Å². The predicted molar refractivity (Wildman–Crippen MR) is 70.5 cm³/mol. The summed E-state index contributed by atoms with van der Waals surface area (Å²) in [7, 11) is 0. The molecule has 1 aliphatic rings. The Bertz CT molecular complexity index is 297. The molecular formula is C12H17BrClN. The van der Waals surface area contributed by atoms with E-state index in [2.05, 4.69) is 45.5 Å². The topological polar surface area (TPSA) is 12.0 Å². The van der Waals surface area contributed by atoms with Gasteiger partial charge in [0.25, 0.3) is 0 Å². The van der Waals surface area contributed by atoms with Crippen LogP contribution in [-0.2, 0) is 6.54 Å². The summed E-state index contributed by atoms with van der Waals surface area (Å²) >= 11 is 3.57. The molecule has 0 atom stereocenters. The van der Waals surface area contributed by atoms with Crippen LogP contribution in [0.5, 0.6) is 0 Å². The molecule has 0 unspecified atom stereocenters. The number of hydrogen-bond donors (Lipinski definition) is 1. The summed E-state index contributed by atoms with van der Waals surface area (Å²) in [5.41, 5.74) is 1.36. The van der Waals surface area contributed by atoms with Crippen LogP contribution in [0.2, 0.25) is 0 Å². The second-order valence-corrected chi connectivity index (χ2v) is 4.81. The van der Waals surface area contributed by atoms with Crippen molar-refractivity contribution >= 4 is 28.3 Å². The molecule has 84 valence electrons. The minimum absolute atomic E-state index is 0. The Labute approximate surface area is 106 Å². The fourth-order valence-electron chi connectivity index (χ4n) is 2.03. The van der Waals surface area contributed by atoms with Crippen molar-refractivity contribution in [3.8, 4) is 0 Å². The second kappa shape index (κ2) is 6.51. The fraction of sp³-hybridized carbons (Fsp3) is 0.500. The van der Waals surface area contributed by atoms with Gasteiger partial charge in [0.05, 0.1) is 0 Å². The second-order valence-electron chi connectivity index (χ2n) is 3.95. The summed E-state index contributed by atoms with van der Waals surface area (Å²) in [4.78, 5) is 0. The highest BCUT2D eigenvalue weighted by atomic mass is 79.9. The van der Waals surface area contributed by atoms with Crippen LogP contribution in [0.15, 0.2) is 28.7 Å². The predicted octanol–water partition coefficient (Wildman–Crippen LogP) is 3.90. The minimum atomic E-state index is 0. The van der Waals surface area contributed by atoms with Crippen LogP contribution < -0.4 is 5.32 Å². The molecule has 1 aromatic rings. The zero-order valence-electron chi connectivity index (χ0n) is 8.71. The molecule has 1 fully saturated rings. The number of nitrogens with one attached hydrogen (secondary N) is 1. The van der Waals surface area contributed by atoms with Crippen LogP contribution in [0.25, 0.3) is 0 Å². The number of rotatable bonds is 3. The lowest BCUT2D eigenvalue weighted by atomic mass is 10.2. The summed E-state index contributed by atoms with van der Waals surface area (Å²) in [5, 5.41) is 3.61. The first-order valence-electron chi connectivity index (χ1n) is 5.33. The quantitative estimate of drug-likeness (QED) is 0.890. The molecule has 15 heavy (non-hydrogen) atoms. The van der Waals surface area contributed by atoms with E-state index in [1.165, 1.54) is 35.7 Å². The van der Waals surface area contributed by atoms with E-state index in [0.29, 0.717) is 0 Å². The Morgan fingerprint density at radius 3 is 2.53 bits per heavy atom. The molecule has 0 radical (unpaired) electrons. The van der Waals surface area contributed by atoms with Gasteiger partial charge in [0.2, 0.25) is 0 Å². The molecule has 0 spiro atoms. The third-order valence-electron chi connectivity index (χ3n) is 2.89. The van der Waals surface area contributed by atoms with E-state index in [-0.39, 0.29) is 12.4 Å². The van der Waals surface area contributed by atoms with Crippen molar-refractivity contribution in [3.63, 3.8) is 0 Å². The molecule has 3 heteroatoms. The van der Waals surface area contributed by atoms with E-state index in [1.54, 1.807) is 0 Å². The van der Waals surface area contributed by atoms with Crippen molar-refractivity contribution in [2.45, 2.75) is 38.3 Å². The molecule has 0 bridgehead atoms. The summed E-state index contributed by atoms with van der Waals surface area (Å²) in [6.07, 6.45) is 5.50. The van der Waals surface area contributed by atoms with Crippen molar-refractivity contribution in [1.29, 1.82) is 0 Å². The first kappa shape index (κ1) is 13.0. The van der Waals surface area contributed by atoms with Gasteiger partial charge in [-0.3, -0.25) is 0 Å².